The van der Waals surface area contributed by atoms with Crippen LogP contribution >= 0.6 is 0 Å². The van der Waals surface area contributed by atoms with Gasteiger partial charge in [0.05, 0.1) is 0 Å². The van der Waals surface area contributed by atoms with Gasteiger partial charge in [0.1, 0.15) is 6.23 Å². The van der Waals surface area contributed by atoms with E-state index in [-0.39, 0.29) is 6.54 Å². The summed E-state index contributed by atoms with van der Waals surface area (Å²) in [6.07, 6.45) is -1.14. The molecule has 74 valence electrons. The van der Waals surface area contributed by atoms with Crippen LogP contribution in [0.15, 0.2) is 0 Å². The summed E-state index contributed by atoms with van der Waals surface area (Å²) < 4.78 is 32.8. The van der Waals surface area contributed by atoms with E-state index in [1.807, 2.05) is 0 Å². The van der Waals surface area contributed by atoms with Gasteiger partial charge in [0, 0.05) is 12.0 Å². The van der Waals surface area contributed by atoms with Crippen LogP contribution in [0.2, 0.25) is 0 Å². The summed E-state index contributed by atoms with van der Waals surface area (Å²) in [5, 5.41) is 0. The fourth-order valence-electron chi connectivity index (χ4n) is 0.377. The highest BCUT2D eigenvalue weighted by Gasteiger charge is 2.29. The van der Waals surface area contributed by atoms with Crippen molar-refractivity contribution in [3.8, 4) is 0 Å². The van der Waals surface area contributed by atoms with Gasteiger partial charge in [-0.3, -0.25) is 4.55 Å². The van der Waals surface area contributed by atoms with Crippen LogP contribution in [0.5, 0.6) is 0 Å². The van der Waals surface area contributed by atoms with Crippen molar-refractivity contribution in [3.63, 3.8) is 0 Å². The highest BCUT2D eigenvalue weighted by atomic mass is 32.3. The van der Waals surface area contributed by atoms with Crippen LogP contribution in [0, 0.1) is 5.41 Å². The minimum absolute atomic E-state index is 0.156. The van der Waals surface area contributed by atoms with E-state index in [2.05, 4.69) is 4.18 Å². The van der Waals surface area contributed by atoms with Crippen molar-refractivity contribution in [2.24, 2.45) is 16.9 Å². The zero-order valence-electron chi connectivity index (χ0n) is 7.02. The van der Waals surface area contributed by atoms with E-state index in [1.165, 1.54) is 0 Å². The van der Waals surface area contributed by atoms with Crippen molar-refractivity contribution < 1.29 is 17.2 Å². The molecule has 0 amide bonds. The molecule has 0 aliphatic heterocycles. The third-order valence-electron chi connectivity index (χ3n) is 1.52. The fourth-order valence-corrected chi connectivity index (χ4v) is 0.900. The standard InChI is InChI=1S/C5H14N2O4S/c1-5(2,3-6)4(7)11-12(8,9)10/h4H,3,6-7H2,1-2H3,(H,8,9,10). The quantitative estimate of drug-likeness (QED) is 0.397. The summed E-state index contributed by atoms with van der Waals surface area (Å²) in [6, 6.07) is 0. The molecule has 0 saturated carbocycles. The van der Waals surface area contributed by atoms with Gasteiger partial charge in [-0.25, -0.2) is 4.18 Å². The average Bonchev–Trinajstić information content (AvgIpc) is 1.84. The van der Waals surface area contributed by atoms with E-state index < -0.39 is 22.0 Å². The minimum atomic E-state index is -4.50. The van der Waals surface area contributed by atoms with Gasteiger partial charge in [0.15, 0.2) is 0 Å². The molecule has 0 aromatic rings. The van der Waals surface area contributed by atoms with Gasteiger partial charge in [-0.05, 0) is 0 Å². The van der Waals surface area contributed by atoms with Crippen molar-refractivity contribution >= 4 is 10.4 Å². The van der Waals surface area contributed by atoms with E-state index in [1.54, 1.807) is 13.8 Å². The molecule has 0 rings (SSSR count). The number of rotatable bonds is 4. The largest absolute Gasteiger partial charge is 0.398 e. The predicted octanol–water partition coefficient (Wildman–Crippen LogP) is -0.924. The first-order chi connectivity index (χ1) is 5.19. The van der Waals surface area contributed by atoms with Gasteiger partial charge < -0.3 is 11.5 Å². The molecular weight excluding hydrogens is 184 g/mol. The number of nitrogens with two attached hydrogens (primary N) is 2. The van der Waals surface area contributed by atoms with E-state index in [0.29, 0.717) is 0 Å². The topological polar surface area (TPSA) is 116 Å². The molecule has 0 bridgehead atoms. The first-order valence-corrected chi connectivity index (χ1v) is 4.67. The maximum Gasteiger partial charge on any atom is 0.398 e. The average molecular weight is 198 g/mol. The molecule has 7 heteroatoms. The van der Waals surface area contributed by atoms with Crippen LogP contribution in [0.3, 0.4) is 0 Å². The maximum absolute atomic E-state index is 10.2. The van der Waals surface area contributed by atoms with Crippen molar-refractivity contribution in [1.29, 1.82) is 0 Å². The monoisotopic (exact) mass is 198 g/mol. The second-order valence-corrected chi connectivity index (χ2v) is 4.19. The third kappa shape index (κ3) is 3.98. The van der Waals surface area contributed by atoms with Crippen LogP contribution in [-0.4, -0.2) is 25.7 Å². The predicted molar refractivity (Wildman–Crippen MR) is 43.4 cm³/mol. The Morgan fingerprint density at radius 2 is 2.00 bits per heavy atom. The van der Waals surface area contributed by atoms with E-state index in [0.717, 1.165) is 0 Å². The highest BCUT2D eigenvalue weighted by Crippen LogP contribution is 2.18. The number of hydrogen-bond acceptors (Lipinski definition) is 5. The van der Waals surface area contributed by atoms with Crippen LogP contribution in [0.1, 0.15) is 13.8 Å². The minimum Gasteiger partial charge on any atom is -0.330 e. The van der Waals surface area contributed by atoms with Gasteiger partial charge in [-0.2, -0.15) is 8.42 Å². The molecule has 0 aromatic carbocycles. The Balaban J connectivity index is 4.32. The van der Waals surface area contributed by atoms with Crippen LogP contribution in [0.4, 0.5) is 0 Å². The summed E-state index contributed by atoms with van der Waals surface area (Å²) in [7, 11) is -4.50. The smallest absolute Gasteiger partial charge is 0.330 e. The molecule has 0 fully saturated rings. The highest BCUT2D eigenvalue weighted by molar-refractivity contribution is 7.80. The van der Waals surface area contributed by atoms with E-state index in [4.69, 9.17) is 16.0 Å². The fraction of sp³-hybridized carbons (Fsp3) is 1.00. The van der Waals surface area contributed by atoms with Crippen LogP contribution in [0.25, 0.3) is 0 Å². The number of hydrogen-bond donors (Lipinski definition) is 3. The third-order valence-corrected chi connectivity index (χ3v) is 1.97. The zero-order chi connectivity index (χ0) is 9.99. The first kappa shape index (κ1) is 11.8. The first-order valence-electron chi connectivity index (χ1n) is 3.30. The Kier molecular flexibility index (Phi) is 3.60. The second kappa shape index (κ2) is 3.67. The lowest BCUT2D eigenvalue weighted by atomic mass is 9.92. The Hall–Kier alpha value is -0.210. The molecule has 12 heavy (non-hydrogen) atoms. The summed E-state index contributed by atoms with van der Waals surface area (Å²) in [6.45, 7) is 3.41. The lowest BCUT2D eigenvalue weighted by Gasteiger charge is -2.27. The molecule has 1 atom stereocenters. The molecule has 0 aliphatic carbocycles. The second-order valence-electron chi connectivity index (χ2n) is 3.14. The molecule has 0 aliphatic rings. The lowest BCUT2D eigenvalue weighted by Crippen LogP contribution is -2.45. The van der Waals surface area contributed by atoms with Crippen molar-refractivity contribution in [1.82, 2.24) is 0 Å². The van der Waals surface area contributed by atoms with E-state index in [9.17, 15) is 8.42 Å². The molecule has 0 aromatic heterocycles. The van der Waals surface area contributed by atoms with E-state index >= 15 is 0 Å². The van der Waals surface area contributed by atoms with Gasteiger partial charge >= 0.3 is 10.4 Å². The van der Waals surface area contributed by atoms with Gasteiger partial charge in [0.25, 0.3) is 0 Å². The molecule has 0 heterocycles. The van der Waals surface area contributed by atoms with Crippen molar-refractivity contribution in [3.05, 3.63) is 0 Å². The molecule has 6 nitrogen and oxygen atoms in total. The molecule has 0 radical (unpaired) electrons. The summed E-state index contributed by atoms with van der Waals surface area (Å²) in [5.41, 5.74) is 9.90. The Labute approximate surface area is 71.8 Å². The normalized spacial score (nSPS) is 16.1. The van der Waals surface area contributed by atoms with Gasteiger partial charge in [-0.1, -0.05) is 13.8 Å². The van der Waals surface area contributed by atoms with Crippen LogP contribution < -0.4 is 11.5 Å². The Morgan fingerprint density at radius 3 is 2.25 bits per heavy atom. The summed E-state index contributed by atoms with van der Waals surface area (Å²) in [5.74, 6) is 0. The molecule has 5 N–H and O–H groups in total. The van der Waals surface area contributed by atoms with Crippen molar-refractivity contribution in [2.45, 2.75) is 20.1 Å². The van der Waals surface area contributed by atoms with Gasteiger partial charge in [-0.15, -0.1) is 0 Å². The van der Waals surface area contributed by atoms with Crippen LogP contribution in [-0.2, 0) is 14.6 Å². The lowest BCUT2D eigenvalue weighted by molar-refractivity contribution is 0.0784. The molecule has 0 saturated heterocycles. The summed E-state index contributed by atoms with van der Waals surface area (Å²) in [4.78, 5) is 0. The summed E-state index contributed by atoms with van der Waals surface area (Å²) >= 11 is 0. The molecular formula is C5H14N2O4S. The van der Waals surface area contributed by atoms with Gasteiger partial charge in [0.2, 0.25) is 0 Å². The molecule has 0 spiro atoms. The maximum atomic E-state index is 10.2. The Morgan fingerprint density at radius 1 is 1.58 bits per heavy atom. The molecule has 1 unspecified atom stereocenters. The zero-order valence-corrected chi connectivity index (χ0v) is 7.84. The SMILES string of the molecule is CC(C)(CN)C(N)OS(=O)(=O)O. The van der Waals surface area contributed by atoms with Crippen molar-refractivity contribution in [2.75, 3.05) is 6.54 Å². The Bertz CT molecular complexity index is 236.